The van der Waals surface area contributed by atoms with Crippen molar-refractivity contribution in [3.63, 3.8) is 0 Å². The first-order valence-corrected chi connectivity index (χ1v) is 8.09. The number of amides is 1. The van der Waals surface area contributed by atoms with Crippen LogP contribution in [0.15, 0.2) is 51.6 Å². The van der Waals surface area contributed by atoms with E-state index in [-0.39, 0.29) is 18.1 Å². The highest BCUT2D eigenvalue weighted by atomic mass is 79.9. The first kappa shape index (κ1) is 17.1. The number of aromatic nitrogens is 2. The lowest BCUT2D eigenvalue weighted by Crippen LogP contribution is -2.16. The van der Waals surface area contributed by atoms with Gasteiger partial charge in [0, 0.05) is 10.7 Å². The zero-order valence-electron chi connectivity index (χ0n) is 13.1. The van der Waals surface area contributed by atoms with Gasteiger partial charge >= 0.3 is 0 Å². The molecule has 0 aliphatic rings. The number of benzene rings is 1. The van der Waals surface area contributed by atoms with Gasteiger partial charge in [-0.2, -0.15) is 0 Å². The van der Waals surface area contributed by atoms with Gasteiger partial charge < -0.3 is 14.6 Å². The van der Waals surface area contributed by atoms with Crippen LogP contribution in [0.2, 0.25) is 0 Å². The van der Waals surface area contributed by atoms with Crippen LogP contribution in [0.5, 0.6) is 5.75 Å². The summed E-state index contributed by atoms with van der Waals surface area (Å²) in [5, 5.41) is 6.39. The number of halogens is 2. The standard InChI is InChI=1S/C17H13BrFN3O3/c1-10-12(9-24-14-5-3-2-4-13(14)19)16(22-25-10)17(23)21-15-7-6-11(18)8-20-15/h2-8H,9H2,1H3,(H,20,21,23). The van der Waals surface area contributed by atoms with Gasteiger partial charge in [-0.1, -0.05) is 17.3 Å². The van der Waals surface area contributed by atoms with E-state index >= 15 is 0 Å². The lowest BCUT2D eigenvalue weighted by Gasteiger charge is -2.07. The van der Waals surface area contributed by atoms with Crippen molar-refractivity contribution in [1.82, 2.24) is 10.1 Å². The molecule has 2 heterocycles. The number of nitrogens with zero attached hydrogens (tertiary/aromatic N) is 2. The Balaban J connectivity index is 1.75. The molecule has 0 aliphatic heterocycles. The molecule has 0 atom stereocenters. The van der Waals surface area contributed by atoms with Gasteiger partial charge in [0.25, 0.3) is 5.91 Å². The Morgan fingerprint density at radius 1 is 1.32 bits per heavy atom. The molecule has 3 rings (SSSR count). The summed E-state index contributed by atoms with van der Waals surface area (Å²) in [6.45, 7) is 1.61. The van der Waals surface area contributed by atoms with E-state index in [2.05, 4.69) is 31.4 Å². The predicted molar refractivity (Wildman–Crippen MR) is 91.9 cm³/mol. The largest absolute Gasteiger partial charge is 0.486 e. The van der Waals surface area contributed by atoms with Crippen LogP contribution in [-0.4, -0.2) is 16.0 Å². The van der Waals surface area contributed by atoms with Crippen molar-refractivity contribution in [3.05, 3.63) is 69.9 Å². The Hall–Kier alpha value is -2.74. The lowest BCUT2D eigenvalue weighted by molar-refractivity contribution is 0.101. The minimum atomic E-state index is -0.487. The highest BCUT2D eigenvalue weighted by molar-refractivity contribution is 9.10. The van der Waals surface area contributed by atoms with Crippen molar-refractivity contribution in [2.75, 3.05) is 5.32 Å². The van der Waals surface area contributed by atoms with Crippen LogP contribution in [0.4, 0.5) is 10.2 Å². The number of rotatable bonds is 5. The van der Waals surface area contributed by atoms with E-state index in [9.17, 15) is 9.18 Å². The van der Waals surface area contributed by atoms with Gasteiger partial charge in [-0.25, -0.2) is 9.37 Å². The number of carbonyl (C=O) groups is 1. The number of para-hydroxylation sites is 1. The van der Waals surface area contributed by atoms with Crippen molar-refractivity contribution in [1.29, 1.82) is 0 Å². The minimum Gasteiger partial charge on any atom is -0.486 e. The average Bonchev–Trinajstić information content (AvgIpc) is 2.97. The third kappa shape index (κ3) is 4.03. The Morgan fingerprint density at radius 3 is 2.84 bits per heavy atom. The van der Waals surface area contributed by atoms with Gasteiger partial charge in [-0.15, -0.1) is 0 Å². The van der Waals surface area contributed by atoms with E-state index < -0.39 is 11.7 Å². The number of hydrogen-bond acceptors (Lipinski definition) is 5. The zero-order valence-corrected chi connectivity index (χ0v) is 14.7. The number of hydrogen-bond donors (Lipinski definition) is 1. The molecular weight excluding hydrogens is 393 g/mol. The molecule has 0 unspecified atom stereocenters. The highest BCUT2D eigenvalue weighted by Gasteiger charge is 2.21. The van der Waals surface area contributed by atoms with Crippen molar-refractivity contribution in [2.24, 2.45) is 0 Å². The fourth-order valence-electron chi connectivity index (χ4n) is 2.08. The van der Waals surface area contributed by atoms with Crippen LogP contribution in [0.1, 0.15) is 21.8 Å². The number of pyridine rings is 1. The van der Waals surface area contributed by atoms with Crippen LogP contribution in [0, 0.1) is 12.7 Å². The smallest absolute Gasteiger partial charge is 0.279 e. The molecule has 1 amide bonds. The molecule has 1 N–H and O–H groups in total. The van der Waals surface area contributed by atoms with Crippen molar-refractivity contribution in [2.45, 2.75) is 13.5 Å². The van der Waals surface area contributed by atoms with Gasteiger partial charge in [-0.3, -0.25) is 4.79 Å². The quantitative estimate of drug-likeness (QED) is 0.690. The SMILES string of the molecule is Cc1onc(C(=O)Nc2ccc(Br)cn2)c1COc1ccccc1F. The van der Waals surface area contributed by atoms with E-state index in [0.717, 1.165) is 4.47 Å². The second-order valence-electron chi connectivity index (χ2n) is 5.10. The van der Waals surface area contributed by atoms with E-state index in [0.29, 0.717) is 17.1 Å². The fraction of sp³-hybridized carbons (Fsp3) is 0.118. The maximum absolute atomic E-state index is 13.6. The number of anilines is 1. The molecule has 0 bridgehead atoms. The molecule has 1 aromatic carbocycles. The first-order valence-electron chi connectivity index (χ1n) is 7.30. The molecule has 0 saturated heterocycles. The molecule has 0 radical (unpaired) electrons. The summed E-state index contributed by atoms with van der Waals surface area (Å²) in [7, 11) is 0. The van der Waals surface area contributed by atoms with Crippen LogP contribution in [0.25, 0.3) is 0 Å². The van der Waals surface area contributed by atoms with Gasteiger partial charge in [0.05, 0.1) is 5.56 Å². The molecule has 25 heavy (non-hydrogen) atoms. The Labute approximate surface area is 151 Å². The number of aryl methyl sites for hydroxylation is 1. The van der Waals surface area contributed by atoms with Crippen molar-refractivity contribution in [3.8, 4) is 5.75 Å². The normalized spacial score (nSPS) is 10.5. The molecule has 0 fully saturated rings. The second kappa shape index (κ2) is 7.43. The van der Waals surface area contributed by atoms with Crippen LogP contribution in [0.3, 0.4) is 0 Å². The fourth-order valence-corrected chi connectivity index (χ4v) is 2.31. The molecule has 128 valence electrons. The van der Waals surface area contributed by atoms with E-state index in [4.69, 9.17) is 9.26 Å². The summed E-state index contributed by atoms with van der Waals surface area (Å²) in [6, 6.07) is 9.41. The summed E-state index contributed by atoms with van der Waals surface area (Å²) in [4.78, 5) is 16.5. The van der Waals surface area contributed by atoms with E-state index in [1.807, 2.05) is 0 Å². The molecule has 8 heteroatoms. The highest BCUT2D eigenvalue weighted by Crippen LogP contribution is 2.21. The van der Waals surface area contributed by atoms with Gasteiger partial charge in [0.1, 0.15) is 18.2 Å². The van der Waals surface area contributed by atoms with Crippen LogP contribution < -0.4 is 10.1 Å². The number of carbonyl (C=O) groups excluding carboxylic acids is 1. The molecule has 0 spiro atoms. The van der Waals surface area contributed by atoms with Crippen molar-refractivity contribution >= 4 is 27.7 Å². The summed E-state index contributed by atoms with van der Waals surface area (Å²) in [6.07, 6.45) is 1.56. The molecule has 2 aromatic heterocycles. The average molecular weight is 406 g/mol. The van der Waals surface area contributed by atoms with Gasteiger partial charge in [-0.05, 0) is 47.1 Å². The third-order valence-electron chi connectivity index (χ3n) is 3.38. The van der Waals surface area contributed by atoms with Crippen LogP contribution in [-0.2, 0) is 6.61 Å². The third-order valence-corrected chi connectivity index (χ3v) is 3.85. The summed E-state index contributed by atoms with van der Waals surface area (Å²) < 4.78 is 25.0. The molecular formula is C17H13BrFN3O3. The summed E-state index contributed by atoms with van der Waals surface area (Å²) in [5.41, 5.74) is 0.511. The predicted octanol–water partition coefficient (Wildman–Crippen LogP) is 4.11. The van der Waals surface area contributed by atoms with Gasteiger partial charge in [0.2, 0.25) is 0 Å². The van der Waals surface area contributed by atoms with Gasteiger partial charge in [0.15, 0.2) is 17.3 Å². The second-order valence-corrected chi connectivity index (χ2v) is 6.02. The maximum Gasteiger partial charge on any atom is 0.279 e. The van der Waals surface area contributed by atoms with E-state index in [1.54, 1.807) is 37.4 Å². The van der Waals surface area contributed by atoms with Crippen molar-refractivity contribution < 1.29 is 18.4 Å². The molecule has 6 nitrogen and oxygen atoms in total. The Kier molecular flexibility index (Phi) is 5.08. The molecule has 3 aromatic rings. The topological polar surface area (TPSA) is 77.3 Å². The first-order chi connectivity index (χ1) is 12.0. The maximum atomic E-state index is 13.6. The lowest BCUT2D eigenvalue weighted by atomic mass is 10.2. The number of nitrogens with one attached hydrogen (secondary N) is 1. The monoisotopic (exact) mass is 405 g/mol. The van der Waals surface area contributed by atoms with Crippen LogP contribution >= 0.6 is 15.9 Å². The number of ether oxygens (including phenoxy) is 1. The Morgan fingerprint density at radius 2 is 2.12 bits per heavy atom. The molecule has 0 aliphatic carbocycles. The Bertz CT molecular complexity index is 896. The minimum absolute atomic E-state index is 0.0488. The molecule has 0 saturated carbocycles. The summed E-state index contributed by atoms with van der Waals surface area (Å²) in [5.74, 6) is -0.0930. The van der Waals surface area contributed by atoms with E-state index in [1.165, 1.54) is 12.1 Å². The zero-order chi connectivity index (χ0) is 17.8. The summed E-state index contributed by atoms with van der Waals surface area (Å²) >= 11 is 3.27.